The molecule has 1 aromatic carbocycles. The Morgan fingerprint density at radius 1 is 1.15 bits per heavy atom. The van der Waals surface area contributed by atoms with Gasteiger partial charge in [0.15, 0.2) is 0 Å². The Morgan fingerprint density at radius 3 is 2.41 bits per heavy atom. The van der Waals surface area contributed by atoms with Gasteiger partial charge in [0, 0.05) is 13.5 Å². The zero-order valence-corrected chi connectivity index (χ0v) is 17.0. The molecule has 1 aromatic rings. The number of hydrogen-bond acceptors (Lipinski definition) is 1. The Hall–Kier alpha value is -2.79. The van der Waals surface area contributed by atoms with Crippen molar-refractivity contribution in [3.63, 3.8) is 0 Å². The van der Waals surface area contributed by atoms with Crippen LogP contribution in [-0.2, 0) is 12.8 Å². The second-order valence-electron chi connectivity index (χ2n) is 8.01. The van der Waals surface area contributed by atoms with Gasteiger partial charge in [-0.3, -0.25) is 0 Å². The average molecular weight is 361 g/mol. The van der Waals surface area contributed by atoms with Crippen LogP contribution in [0.15, 0.2) is 88.4 Å². The zero-order chi connectivity index (χ0) is 19.9. The molecule has 27 heavy (non-hydrogen) atoms. The molecular weight excluding hydrogens is 328 g/mol. The van der Waals surface area contributed by atoms with Crippen LogP contribution in [0.25, 0.3) is 0 Å². The third kappa shape index (κ3) is 7.15. The maximum absolute atomic E-state index is 6.05. The lowest BCUT2D eigenvalue weighted by Crippen LogP contribution is -2.14. The topological polar surface area (TPSA) is 38.4 Å². The molecule has 1 aliphatic rings. The zero-order valence-electron chi connectivity index (χ0n) is 17.0. The Morgan fingerprint density at radius 2 is 1.81 bits per heavy atom. The Kier molecular flexibility index (Phi) is 7.02. The average Bonchev–Trinajstić information content (AvgIpc) is 2.61. The van der Waals surface area contributed by atoms with Crippen molar-refractivity contribution in [2.75, 3.05) is 0 Å². The quantitative estimate of drug-likeness (QED) is 0.357. The molecule has 0 amide bonds. The number of hydrogen-bond donors (Lipinski definition) is 1. The summed E-state index contributed by atoms with van der Waals surface area (Å²) in [6, 6.07) is 8.65. The lowest BCUT2D eigenvalue weighted by atomic mass is 9.87. The summed E-state index contributed by atoms with van der Waals surface area (Å²) in [5, 5.41) is 0. The van der Waals surface area contributed by atoms with Gasteiger partial charge in [0.05, 0.1) is 0 Å². The highest BCUT2D eigenvalue weighted by Crippen LogP contribution is 2.24. The van der Waals surface area contributed by atoms with E-state index in [0.717, 1.165) is 18.5 Å². The molecule has 0 fully saturated rings. The monoisotopic (exact) mass is 360 g/mol. The number of allylic oxidation sites excluding steroid dienone is 6. The van der Waals surface area contributed by atoms with Crippen molar-refractivity contribution >= 4 is 5.84 Å². The van der Waals surface area contributed by atoms with Gasteiger partial charge in [-0.15, -0.1) is 0 Å². The predicted molar refractivity (Wildman–Crippen MR) is 119 cm³/mol. The minimum absolute atomic E-state index is 0. The van der Waals surface area contributed by atoms with E-state index in [1.165, 1.54) is 22.3 Å². The molecule has 0 saturated carbocycles. The molecule has 0 saturated heterocycles. The van der Waals surface area contributed by atoms with E-state index in [0.29, 0.717) is 12.3 Å². The number of amidine groups is 1. The number of aliphatic imine (C=N–C) groups is 1. The number of nitrogens with two attached hydrogens (primary N) is 1. The minimum Gasteiger partial charge on any atom is -0.384 e. The second kappa shape index (κ2) is 9.24. The Bertz CT molecular complexity index is 877. The predicted octanol–water partition coefficient (Wildman–Crippen LogP) is 6.08. The van der Waals surface area contributed by atoms with E-state index in [1.807, 2.05) is 18.2 Å². The van der Waals surface area contributed by atoms with E-state index in [1.54, 1.807) is 0 Å². The summed E-state index contributed by atoms with van der Waals surface area (Å²) in [6.07, 6.45) is 10.7. The molecule has 0 atom stereocenters. The van der Waals surface area contributed by atoms with Crippen molar-refractivity contribution in [3.05, 3.63) is 94.6 Å². The van der Waals surface area contributed by atoms with Gasteiger partial charge in [0.25, 0.3) is 0 Å². The molecule has 142 valence electrons. The SMILES string of the molecule is C=C(Cc1ccc(CCC2=CC=C=C=C2)cc1)N=C(N)/C=C(\C)C(C)(C)C.[HH]. The van der Waals surface area contributed by atoms with E-state index in [4.69, 9.17) is 5.73 Å². The van der Waals surface area contributed by atoms with Crippen molar-refractivity contribution in [2.45, 2.75) is 47.0 Å². The first kappa shape index (κ1) is 20.5. The minimum atomic E-state index is 0. The fourth-order valence-corrected chi connectivity index (χ4v) is 2.58. The van der Waals surface area contributed by atoms with Gasteiger partial charge in [-0.1, -0.05) is 68.7 Å². The first-order chi connectivity index (χ1) is 12.7. The number of benzene rings is 1. The molecule has 0 unspecified atom stereocenters. The van der Waals surface area contributed by atoms with Gasteiger partial charge in [-0.05, 0) is 66.2 Å². The summed E-state index contributed by atoms with van der Waals surface area (Å²) in [5.74, 6) is 0.515. The molecule has 2 heteroatoms. The van der Waals surface area contributed by atoms with Crippen molar-refractivity contribution in [1.29, 1.82) is 0 Å². The lowest BCUT2D eigenvalue weighted by molar-refractivity contribution is 0.504. The van der Waals surface area contributed by atoms with Crippen LogP contribution < -0.4 is 5.73 Å². The van der Waals surface area contributed by atoms with Crippen LogP contribution in [-0.4, -0.2) is 5.84 Å². The largest absolute Gasteiger partial charge is 0.384 e. The summed E-state index contributed by atoms with van der Waals surface area (Å²) in [4.78, 5) is 4.44. The van der Waals surface area contributed by atoms with E-state index in [9.17, 15) is 0 Å². The van der Waals surface area contributed by atoms with Crippen molar-refractivity contribution in [3.8, 4) is 0 Å². The lowest BCUT2D eigenvalue weighted by Gasteiger charge is -2.19. The van der Waals surface area contributed by atoms with Crippen molar-refractivity contribution in [2.24, 2.45) is 16.1 Å². The summed E-state index contributed by atoms with van der Waals surface area (Å²) >= 11 is 0. The van der Waals surface area contributed by atoms with Crippen molar-refractivity contribution < 1.29 is 1.43 Å². The highest BCUT2D eigenvalue weighted by atomic mass is 14.9. The van der Waals surface area contributed by atoms with Gasteiger partial charge in [-0.2, -0.15) is 0 Å². The van der Waals surface area contributed by atoms with Crippen LogP contribution >= 0.6 is 0 Å². The van der Waals surface area contributed by atoms with Gasteiger partial charge in [-0.25, -0.2) is 4.99 Å². The van der Waals surface area contributed by atoms with Crippen LogP contribution in [0, 0.1) is 5.41 Å². The molecular formula is C25H32N2. The maximum Gasteiger partial charge on any atom is 0.123 e. The Balaban J connectivity index is 0.00000392. The molecule has 2 rings (SSSR count). The fraction of sp³-hybridized carbons (Fsp3) is 0.320. The fourth-order valence-electron chi connectivity index (χ4n) is 2.58. The maximum atomic E-state index is 6.05. The van der Waals surface area contributed by atoms with Crippen molar-refractivity contribution in [1.82, 2.24) is 0 Å². The van der Waals surface area contributed by atoms with Crippen LogP contribution in [0.1, 0.15) is 46.7 Å². The van der Waals surface area contributed by atoms with E-state index in [2.05, 4.69) is 81.1 Å². The molecule has 0 bridgehead atoms. The van der Waals surface area contributed by atoms with Gasteiger partial charge in [0.2, 0.25) is 0 Å². The highest BCUT2D eigenvalue weighted by molar-refractivity contribution is 5.92. The smallest absolute Gasteiger partial charge is 0.123 e. The molecule has 0 radical (unpaired) electrons. The first-order valence-corrected chi connectivity index (χ1v) is 9.39. The molecule has 0 heterocycles. The number of rotatable bonds is 7. The first-order valence-electron chi connectivity index (χ1n) is 9.39. The summed E-state index contributed by atoms with van der Waals surface area (Å²) in [5.41, 5.74) is 17.9. The molecule has 2 N–H and O–H groups in total. The number of aryl methyl sites for hydroxylation is 1. The third-order valence-corrected chi connectivity index (χ3v) is 4.69. The van der Waals surface area contributed by atoms with E-state index >= 15 is 0 Å². The highest BCUT2D eigenvalue weighted by Gasteiger charge is 2.12. The standard InChI is InChI=1S/C25H30N2.H2/c1-19(25(3,4)5)17-24(26)27-20(2)18-23-15-13-22(14-16-23)12-11-21-9-7-6-8-10-21;/h7,9-10,13-17H,2,11-12,18H2,1,3-5H3,(H2,26,27);1H/b19-17+;. The summed E-state index contributed by atoms with van der Waals surface area (Å²) < 4.78 is 0. The van der Waals surface area contributed by atoms with E-state index < -0.39 is 0 Å². The summed E-state index contributed by atoms with van der Waals surface area (Å²) in [7, 11) is 0. The van der Waals surface area contributed by atoms with Gasteiger partial charge < -0.3 is 5.73 Å². The van der Waals surface area contributed by atoms with Crippen LogP contribution in [0.5, 0.6) is 0 Å². The molecule has 0 aromatic heterocycles. The van der Waals surface area contributed by atoms with Gasteiger partial charge >= 0.3 is 0 Å². The molecule has 2 nitrogen and oxygen atoms in total. The van der Waals surface area contributed by atoms with Crippen LogP contribution in [0.2, 0.25) is 0 Å². The normalized spacial score (nSPS) is 14.4. The second-order valence-corrected chi connectivity index (χ2v) is 8.01. The number of nitrogens with zero attached hydrogens (tertiary/aromatic N) is 1. The summed E-state index contributed by atoms with van der Waals surface area (Å²) in [6.45, 7) is 12.6. The van der Waals surface area contributed by atoms with Crippen LogP contribution in [0.4, 0.5) is 0 Å². The third-order valence-electron chi connectivity index (χ3n) is 4.69. The van der Waals surface area contributed by atoms with Crippen LogP contribution in [0.3, 0.4) is 0 Å². The molecule has 0 aliphatic heterocycles. The molecule has 1 aliphatic carbocycles. The Labute approximate surface area is 165 Å². The molecule has 0 spiro atoms. The van der Waals surface area contributed by atoms with E-state index in [-0.39, 0.29) is 6.84 Å². The van der Waals surface area contributed by atoms with Gasteiger partial charge in [0.1, 0.15) is 5.84 Å².